The average Bonchev–Trinajstić information content (AvgIpc) is 3.89. The van der Waals surface area contributed by atoms with Crippen LogP contribution in [0.2, 0.25) is 0 Å². The van der Waals surface area contributed by atoms with Gasteiger partial charge in [-0.2, -0.15) is 18.3 Å². The number of carbonyl (C=O) groups is 3. The molecule has 2 saturated carbocycles. The SMILES string of the molecule is C1CC1CC1CC1.CC(C(=O)NCC(F)(F)F)c1cc(F)c(NC(=O)CNC(=O)c2ccnn2C(C)C)cc1CCN(C)C. The lowest BCUT2D eigenvalue weighted by atomic mass is 9.92. The van der Waals surface area contributed by atoms with E-state index in [1.807, 2.05) is 24.1 Å². The zero-order chi connectivity index (χ0) is 32.6. The van der Waals surface area contributed by atoms with Crippen LogP contribution in [-0.2, 0) is 16.0 Å². The van der Waals surface area contributed by atoms with Gasteiger partial charge in [-0.1, -0.05) is 25.7 Å². The Morgan fingerprint density at radius 1 is 1.05 bits per heavy atom. The number of rotatable bonds is 13. The van der Waals surface area contributed by atoms with Crippen molar-refractivity contribution in [2.24, 2.45) is 11.8 Å². The summed E-state index contributed by atoms with van der Waals surface area (Å²) >= 11 is 0. The minimum Gasteiger partial charge on any atom is -0.346 e. The Morgan fingerprint density at radius 3 is 2.23 bits per heavy atom. The van der Waals surface area contributed by atoms with Crippen LogP contribution in [0.15, 0.2) is 24.4 Å². The van der Waals surface area contributed by atoms with Gasteiger partial charge in [0.2, 0.25) is 11.8 Å². The minimum atomic E-state index is -4.58. The Balaban J connectivity index is 0.000000649. The van der Waals surface area contributed by atoms with Crippen LogP contribution in [-0.4, -0.2) is 72.3 Å². The Morgan fingerprint density at radius 2 is 1.68 bits per heavy atom. The molecule has 0 spiro atoms. The van der Waals surface area contributed by atoms with Crippen molar-refractivity contribution in [3.8, 4) is 0 Å². The van der Waals surface area contributed by atoms with Crippen molar-refractivity contribution in [2.75, 3.05) is 39.0 Å². The Hall–Kier alpha value is -3.48. The predicted molar refractivity (Wildman–Crippen MR) is 160 cm³/mol. The Kier molecular flexibility index (Phi) is 12.3. The monoisotopic (exact) mass is 624 g/mol. The van der Waals surface area contributed by atoms with Gasteiger partial charge in [0.15, 0.2) is 0 Å². The van der Waals surface area contributed by atoms with Crippen LogP contribution < -0.4 is 16.0 Å². The zero-order valence-electron chi connectivity index (χ0n) is 26.1. The van der Waals surface area contributed by atoms with E-state index in [1.165, 1.54) is 41.8 Å². The number of anilines is 1. The zero-order valence-corrected chi connectivity index (χ0v) is 26.1. The molecule has 0 saturated heterocycles. The molecule has 3 amide bonds. The van der Waals surface area contributed by atoms with Gasteiger partial charge >= 0.3 is 6.18 Å². The molecule has 1 aromatic heterocycles. The second kappa shape index (κ2) is 15.5. The third-order valence-corrected chi connectivity index (χ3v) is 7.52. The van der Waals surface area contributed by atoms with Crippen molar-refractivity contribution < 1.29 is 31.9 Å². The molecule has 244 valence electrons. The molecular formula is C31H44F4N6O3. The standard InChI is InChI=1S/C24H32F4N6O3.C7H12/c1-14(2)34-20(6-8-31-34)23(37)29-12-21(35)32-19-10-16(7-9-33(4)5)17(11-18(19)25)15(3)22(36)30-13-24(26,27)28;1-2-6(1)5-7-3-4-7/h6,8,10-11,14-15H,7,9,12-13H2,1-5H3,(H,29,37)(H,30,36)(H,32,35);6-7H,1-5H2. The lowest BCUT2D eigenvalue weighted by Gasteiger charge is -2.20. The molecule has 13 heteroatoms. The second-order valence-electron chi connectivity index (χ2n) is 12.2. The van der Waals surface area contributed by atoms with Crippen molar-refractivity contribution in [3.05, 3.63) is 47.0 Å². The molecule has 4 rings (SSSR count). The van der Waals surface area contributed by atoms with Crippen LogP contribution in [0, 0.1) is 17.7 Å². The predicted octanol–water partition coefficient (Wildman–Crippen LogP) is 5.05. The summed E-state index contributed by atoms with van der Waals surface area (Å²) < 4.78 is 53.9. The summed E-state index contributed by atoms with van der Waals surface area (Å²) in [5.74, 6) is -1.67. The largest absolute Gasteiger partial charge is 0.405 e. The number of halogens is 4. The summed E-state index contributed by atoms with van der Waals surface area (Å²) in [4.78, 5) is 39.0. The lowest BCUT2D eigenvalue weighted by Crippen LogP contribution is -2.36. The van der Waals surface area contributed by atoms with Gasteiger partial charge in [0.25, 0.3) is 5.91 Å². The topological polar surface area (TPSA) is 108 Å². The quantitative estimate of drug-likeness (QED) is 0.270. The molecule has 2 aliphatic rings. The number of nitrogens with one attached hydrogen (secondary N) is 3. The molecule has 44 heavy (non-hydrogen) atoms. The third-order valence-electron chi connectivity index (χ3n) is 7.52. The number of carbonyl (C=O) groups excluding carboxylic acids is 3. The fourth-order valence-corrected chi connectivity index (χ4v) is 4.70. The fraction of sp³-hybridized carbons (Fsp3) is 0.613. The maximum absolute atomic E-state index is 14.9. The molecule has 9 nitrogen and oxygen atoms in total. The number of benzene rings is 1. The highest BCUT2D eigenvalue weighted by Crippen LogP contribution is 2.43. The van der Waals surface area contributed by atoms with Gasteiger partial charge in [-0.15, -0.1) is 0 Å². The number of aromatic nitrogens is 2. The molecule has 3 N–H and O–H groups in total. The first kappa shape index (κ1) is 35.0. The van der Waals surface area contributed by atoms with Crippen LogP contribution in [0.4, 0.5) is 23.2 Å². The number of hydrogen-bond acceptors (Lipinski definition) is 5. The van der Waals surface area contributed by atoms with E-state index in [1.54, 1.807) is 46.2 Å². The van der Waals surface area contributed by atoms with Crippen LogP contribution in [0.3, 0.4) is 0 Å². The summed E-state index contributed by atoms with van der Waals surface area (Å²) in [5, 5.41) is 10.7. The molecule has 1 heterocycles. The number of amides is 3. The maximum Gasteiger partial charge on any atom is 0.405 e. The van der Waals surface area contributed by atoms with Gasteiger partial charge in [-0.05, 0) is 88.9 Å². The van der Waals surface area contributed by atoms with Crippen molar-refractivity contribution in [1.82, 2.24) is 25.3 Å². The highest BCUT2D eigenvalue weighted by molar-refractivity contribution is 5.98. The summed E-state index contributed by atoms with van der Waals surface area (Å²) in [6.07, 6.45) is 5.02. The van der Waals surface area contributed by atoms with Crippen molar-refractivity contribution in [2.45, 2.75) is 77.4 Å². The van der Waals surface area contributed by atoms with Crippen molar-refractivity contribution in [3.63, 3.8) is 0 Å². The average molecular weight is 625 g/mol. The smallest absolute Gasteiger partial charge is 0.346 e. The molecule has 2 aliphatic carbocycles. The van der Waals surface area contributed by atoms with Crippen molar-refractivity contribution >= 4 is 23.4 Å². The summed E-state index contributed by atoms with van der Waals surface area (Å²) in [6, 6.07) is 3.83. The number of hydrogen-bond donors (Lipinski definition) is 3. The first-order chi connectivity index (χ1) is 20.6. The van der Waals surface area contributed by atoms with Crippen LogP contribution >= 0.6 is 0 Å². The Bertz CT molecular complexity index is 1280. The van der Waals surface area contributed by atoms with E-state index in [-0.39, 0.29) is 23.0 Å². The highest BCUT2D eigenvalue weighted by Gasteiger charge is 2.31. The second-order valence-corrected chi connectivity index (χ2v) is 12.2. The van der Waals surface area contributed by atoms with Crippen molar-refractivity contribution in [1.29, 1.82) is 0 Å². The van der Waals surface area contributed by atoms with Gasteiger partial charge in [0.05, 0.1) is 18.2 Å². The molecule has 1 unspecified atom stereocenters. The van der Waals surface area contributed by atoms with Crippen LogP contribution in [0.1, 0.15) is 86.5 Å². The summed E-state index contributed by atoms with van der Waals surface area (Å²) in [5.41, 5.74) is 0.797. The Labute approximate surface area is 256 Å². The van der Waals surface area contributed by atoms with Crippen LogP contribution in [0.25, 0.3) is 0 Å². The van der Waals surface area contributed by atoms with E-state index < -0.39 is 48.7 Å². The minimum absolute atomic E-state index is 0.0734. The molecule has 1 atom stereocenters. The van der Waals surface area contributed by atoms with E-state index in [9.17, 15) is 31.9 Å². The van der Waals surface area contributed by atoms with Gasteiger partial charge in [0.1, 0.15) is 18.1 Å². The van der Waals surface area contributed by atoms with E-state index in [2.05, 4.69) is 15.7 Å². The maximum atomic E-state index is 14.9. The third kappa shape index (κ3) is 11.5. The summed E-state index contributed by atoms with van der Waals surface area (Å²) in [6.45, 7) is 3.64. The fourth-order valence-electron chi connectivity index (χ4n) is 4.70. The number of alkyl halides is 3. The molecule has 0 aliphatic heterocycles. The van der Waals surface area contributed by atoms with E-state index in [0.29, 0.717) is 18.5 Å². The van der Waals surface area contributed by atoms with E-state index >= 15 is 0 Å². The van der Waals surface area contributed by atoms with E-state index in [4.69, 9.17) is 0 Å². The van der Waals surface area contributed by atoms with Gasteiger partial charge in [-0.3, -0.25) is 19.1 Å². The lowest BCUT2D eigenvalue weighted by molar-refractivity contribution is -0.139. The molecule has 2 fully saturated rings. The molecular weight excluding hydrogens is 580 g/mol. The number of nitrogens with zero attached hydrogens (tertiary/aromatic N) is 3. The van der Waals surface area contributed by atoms with Gasteiger partial charge in [-0.25, -0.2) is 4.39 Å². The summed E-state index contributed by atoms with van der Waals surface area (Å²) in [7, 11) is 3.61. The molecule has 0 radical (unpaired) electrons. The van der Waals surface area contributed by atoms with Gasteiger partial charge in [0, 0.05) is 18.8 Å². The first-order valence-electron chi connectivity index (χ1n) is 15.1. The molecule has 2 aromatic rings. The highest BCUT2D eigenvalue weighted by atomic mass is 19.4. The van der Waals surface area contributed by atoms with Gasteiger partial charge < -0.3 is 20.9 Å². The van der Waals surface area contributed by atoms with E-state index in [0.717, 1.165) is 6.07 Å². The molecule has 1 aromatic carbocycles. The normalized spacial score (nSPS) is 15.4. The number of likely N-dealkylation sites (N-methyl/N-ethyl adjacent to an activating group) is 1. The van der Waals surface area contributed by atoms with Crippen LogP contribution in [0.5, 0.6) is 0 Å². The first-order valence-corrected chi connectivity index (χ1v) is 15.1. The molecule has 0 bridgehead atoms.